The Morgan fingerprint density at radius 3 is 2.53 bits per heavy atom. The van der Waals surface area contributed by atoms with E-state index in [1.54, 1.807) is 29.2 Å². The lowest BCUT2D eigenvalue weighted by Crippen LogP contribution is -2.43. The van der Waals surface area contributed by atoms with Gasteiger partial charge in [0.1, 0.15) is 11.3 Å². The summed E-state index contributed by atoms with van der Waals surface area (Å²) in [5, 5.41) is 2.93. The van der Waals surface area contributed by atoms with Gasteiger partial charge >= 0.3 is 0 Å². The molecule has 0 aromatic heterocycles. The highest BCUT2D eigenvalue weighted by Gasteiger charge is 2.43. The van der Waals surface area contributed by atoms with Gasteiger partial charge < -0.3 is 15.8 Å². The fourth-order valence-electron chi connectivity index (χ4n) is 4.01. The number of nitrogens with two attached hydrogens (primary N) is 1. The van der Waals surface area contributed by atoms with Crippen LogP contribution in [0.15, 0.2) is 53.5 Å². The maximum absolute atomic E-state index is 13.0. The van der Waals surface area contributed by atoms with E-state index in [9.17, 15) is 9.59 Å². The number of amides is 2. The number of guanidine groups is 1. The Hall–Kier alpha value is -3.35. The van der Waals surface area contributed by atoms with E-state index >= 15 is 0 Å². The molecule has 0 saturated carbocycles. The molecule has 1 aliphatic heterocycles. The average molecular weight is 437 g/mol. The second-order valence-electron chi connectivity index (χ2n) is 8.69. The van der Waals surface area contributed by atoms with Crippen LogP contribution < -0.4 is 15.8 Å². The molecule has 2 aromatic carbocycles. The maximum Gasteiger partial charge on any atom is 0.257 e. The highest BCUT2D eigenvalue weighted by atomic mass is 16.5. The normalized spacial score (nSPS) is 18.1. The van der Waals surface area contributed by atoms with Gasteiger partial charge in [-0.15, -0.1) is 0 Å². The van der Waals surface area contributed by atoms with Gasteiger partial charge in [-0.2, -0.15) is 0 Å². The van der Waals surface area contributed by atoms with Gasteiger partial charge in [0.15, 0.2) is 5.96 Å². The monoisotopic (exact) mass is 436 g/mol. The average Bonchev–Trinajstić information content (AvgIpc) is 2.95. The van der Waals surface area contributed by atoms with Crippen LogP contribution in [0.3, 0.4) is 0 Å². The third-order valence-electron chi connectivity index (χ3n) is 5.36. The van der Waals surface area contributed by atoms with Gasteiger partial charge in [0.05, 0.1) is 13.2 Å². The van der Waals surface area contributed by atoms with Crippen LogP contribution in [0.25, 0.3) is 0 Å². The molecule has 3 N–H and O–H groups in total. The zero-order valence-electron chi connectivity index (χ0n) is 19.2. The maximum atomic E-state index is 13.0. The smallest absolute Gasteiger partial charge is 0.257 e. The highest BCUT2D eigenvalue weighted by molar-refractivity contribution is 6.06. The van der Waals surface area contributed by atoms with E-state index in [1.165, 1.54) is 0 Å². The van der Waals surface area contributed by atoms with E-state index in [0.717, 1.165) is 16.9 Å². The van der Waals surface area contributed by atoms with Crippen LogP contribution in [-0.2, 0) is 17.9 Å². The van der Waals surface area contributed by atoms with Gasteiger partial charge in [0.2, 0.25) is 0 Å². The first-order valence-electron chi connectivity index (χ1n) is 11.0. The highest BCUT2D eigenvalue weighted by Crippen LogP contribution is 2.29. The van der Waals surface area contributed by atoms with Crippen molar-refractivity contribution in [1.82, 2.24) is 10.2 Å². The number of nitrogens with zero attached hydrogens (tertiary/aromatic N) is 2. The molecule has 0 radical (unpaired) electrons. The second-order valence-corrected chi connectivity index (χ2v) is 8.69. The summed E-state index contributed by atoms with van der Waals surface area (Å²) in [6.07, 6.45) is 0.653. The molecule has 170 valence electrons. The minimum atomic E-state index is -0.804. The van der Waals surface area contributed by atoms with Crippen molar-refractivity contribution in [2.45, 2.75) is 52.7 Å². The number of ether oxygens (including phenoxy) is 1. The Morgan fingerprint density at radius 1 is 1.19 bits per heavy atom. The van der Waals surface area contributed by atoms with E-state index in [1.807, 2.05) is 38.1 Å². The minimum absolute atomic E-state index is 0.0714. The summed E-state index contributed by atoms with van der Waals surface area (Å²) in [6, 6.07) is 14.8. The number of hydrogen-bond acceptors (Lipinski definition) is 5. The molecule has 0 fully saturated rings. The summed E-state index contributed by atoms with van der Waals surface area (Å²) >= 11 is 0. The summed E-state index contributed by atoms with van der Waals surface area (Å²) in [4.78, 5) is 31.4. The Kier molecular flexibility index (Phi) is 7.18. The zero-order valence-corrected chi connectivity index (χ0v) is 19.2. The van der Waals surface area contributed by atoms with E-state index in [0.29, 0.717) is 37.6 Å². The molecule has 2 amide bonds. The van der Waals surface area contributed by atoms with Crippen molar-refractivity contribution < 1.29 is 14.3 Å². The lowest BCUT2D eigenvalue weighted by atomic mass is 9.91. The number of nitrogens with one attached hydrogen (secondary N) is 1. The van der Waals surface area contributed by atoms with Crippen LogP contribution >= 0.6 is 0 Å². The van der Waals surface area contributed by atoms with Gasteiger partial charge in [-0.3, -0.25) is 14.5 Å². The molecule has 2 aromatic rings. The Bertz CT molecular complexity index is 1000. The van der Waals surface area contributed by atoms with Gasteiger partial charge in [-0.25, -0.2) is 4.99 Å². The van der Waals surface area contributed by atoms with Crippen molar-refractivity contribution in [1.29, 1.82) is 0 Å². The van der Waals surface area contributed by atoms with Crippen molar-refractivity contribution in [2.75, 3.05) is 6.61 Å². The van der Waals surface area contributed by atoms with Crippen LogP contribution in [0.2, 0.25) is 0 Å². The summed E-state index contributed by atoms with van der Waals surface area (Å²) in [6.45, 7) is 9.20. The van der Waals surface area contributed by atoms with Crippen molar-refractivity contribution in [2.24, 2.45) is 16.6 Å². The van der Waals surface area contributed by atoms with Crippen molar-refractivity contribution >= 4 is 17.8 Å². The largest absolute Gasteiger partial charge is 0.494 e. The van der Waals surface area contributed by atoms with Crippen molar-refractivity contribution in [3.05, 3.63) is 65.2 Å². The minimum Gasteiger partial charge on any atom is -0.494 e. The third kappa shape index (κ3) is 5.46. The number of hydrogen-bond donors (Lipinski definition) is 2. The lowest BCUT2D eigenvalue weighted by molar-refractivity contribution is -0.131. The van der Waals surface area contributed by atoms with Gasteiger partial charge in [0, 0.05) is 12.1 Å². The van der Waals surface area contributed by atoms with Crippen LogP contribution in [0.5, 0.6) is 5.75 Å². The predicted molar refractivity (Wildman–Crippen MR) is 125 cm³/mol. The van der Waals surface area contributed by atoms with E-state index in [-0.39, 0.29) is 17.8 Å². The first kappa shape index (κ1) is 23.3. The molecular formula is C25H32N4O3. The van der Waals surface area contributed by atoms with Crippen LogP contribution in [-0.4, -0.2) is 34.8 Å². The summed E-state index contributed by atoms with van der Waals surface area (Å²) in [5.41, 5.74) is 7.72. The molecule has 0 saturated heterocycles. The number of rotatable bonds is 9. The molecule has 7 nitrogen and oxygen atoms in total. The summed E-state index contributed by atoms with van der Waals surface area (Å²) in [7, 11) is 0. The number of benzene rings is 2. The molecule has 7 heteroatoms. The summed E-state index contributed by atoms with van der Waals surface area (Å²) in [5.74, 6) is 1.10. The molecule has 1 aliphatic rings. The van der Waals surface area contributed by atoms with Crippen molar-refractivity contribution in [3.63, 3.8) is 0 Å². The Balaban J connectivity index is 1.61. The van der Waals surface area contributed by atoms with Crippen LogP contribution in [0, 0.1) is 5.92 Å². The molecule has 3 rings (SSSR count). The summed E-state index contributed by atoms with van der Waals surface area (Å²) < 4.78 is 5.41. The molecule has 1 atom stereocenters. The fourth-order valence-corrected chi connectivity index (χ4v) is 4.01. The first-order valence-corrected chi connectivity index (χ1v) is 11.0. The molecule has 0 spiro atoms. The van der Waals surface area contributed by atoms with E-state index in [2.05, 4.69) is 24.2 Å². The van der Waals surface area contributed by atoms with E-state index < -0.39 is 5.54 Å². The molecule has 0 aliphatic carbocycles. The standard InChI is InChI=1S/C25H32N4O3/c1-5-32-21-11-9-20(10-12-21)22(30)27-15-18-7-6-8-19(13-18)16-29-23(31)25(4,14-17(2)3)28-24(29)26/h6-13,17H,5,14-16H2,1-4H3,(H2,26,28)(H,27,30). The predicted octanol–water partition coefficient (Wildman–Crippen LogP) is 3.48. The molecule has 0 bridgehead atoms. The van der Waals surface area contributed by atoms with Crippen LogP contribution in [0.4, 0.5) is 0 Å². The second kappa shape index (κ2) is 9.85. The molecule has 32 heavy (non-hydrogen) atoms. The quantitative estimate of drug-likeness (QED) is 0.629. The van der Waals surface area contributed by atoms with Gasteiger partial charge in [-0.05, 0) is 61.6 Å². The Morgan fingerprint density at radius 2 is 1.88 bits per heavy atom. The third-order valence-corrected chi connectivity index (χ3v) is 5.36. The van der Waals surface area contributed by atoms with E-state index in [4.69, 9.17) is 10.5 Å². The number of carbonyl (C=O) groups is 2. The van der Waals surface area contributed by atoms with Gasteiger partial charge in [-0.1, -0.05) is 38.1 Å². The molecule has 1 unspecified atom stereocenters. The van der Waals surface area contributed by atoms with Crippen LogP contribution in [0.1, 0.15) is 55.6 Å². The first-order chi connectivity index (χ1) is 15.2. The van der Waals surface area contributed by atoms with Gasteiger partial charge in [0.25, 0.3) is 11.8 Å². The molecule has 1 heterocycles. The topological polar surface area (TPSA) is 97.0 Å². The SMILES string of the molecule is CCOc1ccc(C(=O)NCc2cccc(CN3C(=O)C(C)(CC(C)C)N=C3N)c2)cc1. The number of carbonyl (C=O) groups excluding carboxylic acids is 2. The molecular weight excluding hydrogens is 404 g/mol. The fraction of sp³-hybridized carbons (Fsp3) is 0.400. The zero-order chi connectivity index (χ0) is 23.3. The van der Waals surface area contributed by atoms with Crippen molar-refractivity contribution in [3.8, 4) is 5.75 Å². The number of aliphatic imine (C=N–C) groups is 1. The Labute approximate surface area is 189 Å². The lowest BCUT2D eigenvalue weighted by Gasteiger charge is -2.23.